The van der Waals surface area contributed by atoms with Gasteiger partial charge in [-0.25, -0.2) is 0 Å². The molecule has 2 rings (SSSR count). The molecule has 0 fully saturated rings. The Bertz CT molecular complexity index is 507. The largest absolute Gasteiger partial charge is 1.00 e. The minimum absolute atomic E-state index is 0. The standard InChI is InChI=1S/C7H6O2.C4H5NOS.Na/c8-7(9)6-4-2-1-3-5-6;1-5-4(6)2-3-7-5;/h1-5H,(H,8,9);2-3H,1H3;/q;;+1/p-1. The summed E-state index contributed by atoms with van der Waals surface area (Å²) in [6, 6.07) is 9.61. The summed E-state index contributed by atoms with van der Waals surface area (Å²) >= 11 is 1.41. The van der Waals surface area contributed by atoms with E-state index in [-0.39, 0.29) is 40.7 Å². The van der Waals surface area contributed by atoms with Crippen molar-refractivity contribution in [2.45, 2.75) is 0 Å². The summed E-state index contributed by atoms with van der Waals surface area (Å²) in [7, 11) is 1.74. The van der Waals surface area contributed by atoms with Gasteiger partial charge >= 0.3 is 29.6 Å². The Labute approximate surface area is 125 Å². The molecule has 0 aliphatic rings. The van der Waals surface area contributed by atoms with Crippen molar-refractivity contribution >= 4 is 17.5 Å². The van der Waals surface area contributed by atoms with Crippen molar-refractivity contribution in [2.75, 3.05) is 0 Å². The zero-order valence-electron chi connectivity index (χ0n) is 9.62. The van der Waals surface area contributed by atoms with Crippen molar-refractivity contribution in [1.82, 2.24) is 3.96 Å². The third kappa shape index (κ3) is 5.83. The Balaban J connectivity index is 0.000000292. The second-order valence-corrected chi connectivity index (χ2v) is 3.93. The zero-order valence-corrected chi connectivity index (χ0v) is 12.4. The van der Waals surface area contributed by atoms with E-state index in [0.717, 1.165) is 0 Å². The zero-order chi connectivity index (χ0) is 12.0. The van der Waals surface area contributed by atoms with Gasteiger partial charge in [-0.05, 0) is 5.56 Å². The van der Waals surface area contributed by atoms with Gasteiger partial charge in [-0.3, -0.25) is 8.75 Å². The van der Waals surface area contributed by atoms with Crippen molar-refractivity contribution in [3.05, 3.63) is 57.7 Å². The van der Waals surface area contributed by atoms with Gasteiger partial charge in [0, 0.05) is 18.5 Å². The van der Waals surface area contributed by atoms with E-state index in [1.165, 1.54) is 23.7 Å². The monoisotopic (exact) mass is 259 g/mol. The third-order valence-electron chi connectivity index (χ3n) is 1.75. The smallest absolute Gasteiger partial charge is 0.545 e. The van der Waals surface area contributed by atoms with E-state index in [9.17, 15) is 14.7 Å². The van der Waals surface area contributed by atoms with Crippen LogP contribution in [0.3, 0.4) is 0 Å². The maximum absolute atomic E-state index is 10.4. The molecule has 0 saturated heterocycles. The van der Waals surface area contributed by atoms with Crippen LogP contribution in [-0.4, -0.2) is 9.93 Å². The van der Waals surface area contributed by atoms with E-state index in [0.29, 0.717) is 0 Å². The van der Waals surface area contributed by atoms with Gasteiger partial charge in [-0.15, -0.1) is 0 Å². The van der Waals surface area contributed by atoms with Crippen LogP contribution in [-0.2, 0) is 7.05 Å². The number of nitrogens with zero attached hydrogens (tertiary/aromatic N) is 1. The molecule has 4 nitrogen and oxygen atoms in total. The van der Waals surface area contributed by atoms with Crippen molar-refractivity contribution in [3.8, 4) is 0 Å². The first kappa shape index (κ1) is 16.1. The summed E-state index contributed by atoms with van der Waals surface area (Å²) in [5, 5.41) is 11.9. The molecule has 0 atom stereocenters. The molecule has 0 radical (unpaired) electrons. The van der Waals surface area contributed by atoms with Crippen LogP contribution < -0.4 is 40.2 Å². The minimum Gasteiger partial charge on any atom is -0.545 e. The van der Waals surface area contributed by atoms with Gasteiger partial charge in [0.25, 0.3) is 5.56 Å². The molecule has 1 aromatic carbocycles. The van der Waals surface area contributed by atoms with Gasteiger partial charge < -0.3 is 9.90 Å². The first-order chi connectivity index (χ1) is 7.61. The predicted molar refractivity (Wildman–Crippen MR) is 60.3 cm³/mol. The van der Waals surface area contributed by atoms with Crippen molar-refractivity contribution in [2.24, 2.45) is 7.05 Å². The molecule has 6 heteroatoms. The average Bonchev–Trinajstić information content (AvgIpc) is 2.65. The normalized spacial score (nSPS) is 8.53. The number of aromatic nitrogens is 1. The molecule has 17 heavy (non-hydrogen) atoms. The van der Waals surface area contributed by atoms with Gasteiger partial charge in [0.2, 0.25) is 0 Å². The van der Waals surface area contributed by atoms with E-state index in [1.54, 1.807) is 40.6 Å². The van der Waals surface area contributed by atoms with Crippen molar-refractivity contribution in [1.29, 1.82) is 0 Å². The molecule has 84 valence electrons. The predicted octanol–water partition coefficient (Wildman–Crippen LogP) is -2.50. The summed E-state index contributed by atoms with van der Waals surface area (Å²) in [6.07, 6.45) is 0. The number of rotatable bonds is 1. The van der Waals surface area contributed by atoms with E-state index in [2.05, 4.69) is 0 Å². The van der Waals surface area contributed by atoms with E-state index in [4.69, 9.17) is 0 Å². The van der Waals surface area contributed by atoms with Crippen LogP contribution in [0.5, 0.6) is 0 Å². The van der Waals surface area contributed by atoms with Crippen LogP contribution in [0.2, 0.25) is 0 Å². The van der Waals surface area contributed by atoms with Crippen molar-refractivity contribution in [3.63, 3.8) is 0 Å². The van der Waals surface area contributed by atoms with Crippen LogP contribution in [0, 0.1) is 0 Å². The molecule has 1 heterocycles. The Kier molecular flexibility index (Phi) is 7.82. The summed E-state index contributed by atoms with van der Waals surface area (Å²) in [6.45, 7) is 0. The second kappa shape index (κ2) is 8.25. The number of hydrogen-bond acceptors (Lipinski definition) is 4. The molecule has 0 N–H and O–H groups in total. The molecule has 0 aliphatic carbocycles. The number of carboxylic acid groups (broad SMARTS) is 1. The first-order valence-electron chi connectivity index (χ1n) is 4.48. The maximum atomic E-state index is 10.4. The Hall–Kier alpha value is -0.880. The fraction of sp³-hybridized carbons (Fsp3) is 0.0909. The summed E-state index contributed by atoms with van der Waals surface area (Å²) < 4.78 is 1.57. The van der Waals surface area contributed by atoms with Gasteiger partial charge in [-0.1, -0.05) is 41.9 Å². The van der Waals surface area contributed by atoms with Gasteiger partial charge in [0.05, 0.1) is 5.97 Å². The molecule has 0 unspecified atom stereocenters. The van der Waals surface area contributed by atoms with Crippen LogP contribution >= 0.6 is 11.5 Å². The fourth-order valence-electron chi connectivity index (χ4n) is 0.911. The fourth-order valence-corrected chi connectivity index (χ4v) is 1.44. The van der Waals surface area contributed by atoms with Crippen LogP contribution in [0.4, 0.5) is 0 Å². The van der Waals surface area contributed by atoms with E-state index in [1.807, 2.05) is 0 Å². The average molecular weight is 259 g/mol. The molecule has 1 aromatic heterocycles. The quantitative estimate of drug-likeness (QED) is 0.532. The van der Waals surface area contributed by atoms with Crippen LogP contribution in [0.25, 0.3) is 0 Å². The first-order valence-corrected chi connectivity index (χ1v) is 5.32. The number of carboxylic acids is 1. The molecular weight excluding hydrogens is 249 g/mol. The molecule has 0 amide bonds. The Morgan fingerprint density at radius 3 is 2.06 bits per heavy atom. The second-order valence-electron chi connectivity index (χ2n) is 2.90. The molecule has 2 aromatic rings. The maximum Gasteiger partial charge on any atom is 1.00 e. The van der Waals surface area contributed by atoms with Crippen molar-refractivity contribution < 1.29 is 39.5 Å². The summed E-state index contributed by atoms with van der Waals surface area (Å²) in [5.41, 5.74) is 0.294. The molecular formula is C11H10NNaO3S. The summed E-state index contributed by atoms with van der Waals surface area (Å²) in [4.78, 5) is 20.5. The topological polar surface area (TPSA) is 62.1 Å². The molecule has 0 aliphatic heterocycles. The minimum atomic E-state index is -1.13. The van der Waals surface area contributed by atoms with E-state index < -0.39 is 5.97 Å². The van der Waals surface area contributed by atoms with Gasteiger partial charge in [0.15, 0.2) is 0 Å². The third-order valence-corrected chi connectivity index (χ3v) is 2.50. The number of carbonyl (C=O) groups is 1. The number of benzene rings is 1. The Morgan fingerprint density at radius 1 is 1.24 bits per heavy atom. The number of hydrogen-bond donors (Lipinski definition) is 0. The number of aryl methyl sites for hydroxylation is 1. The number of aromatic carboxylic acids is 1. The number of carbonyl (C=O) groups excluding carboxylic acids is 1. The SMILES string of the molecule is Cn1sccc1=O.O=C([O-])c1ccccc1.[Na+]. The molecule has 0 bridgehead atoms. The molecule has 0 spiro atoms. The molecule has 0 saturated carbocycles. The summed E-state index contributed by atoms with van der Waals surface area (Å²) in [5.74, 6) is -1.13. The van der Waals surface area contributed by atoms with Crippen LogP contribution in [0.15, 0.2) is 46.6 Å². The van der Waals surface area contributed by atoms with E-state index >= 15 is 0 Å². The van der Waals surface area contributed by atoms with Crippen LogP contribution in [0.1, 0.15) is 10.4 Å². The van der Waals surface area contributed by atoms with Gasteiger partial charge in [-0.2, -0.15) is 0 Å². The Morgan fingerprint density at radius 2 is 1.82 bits per heavy atom. The van der Waals surface area contributed by atoms with Gasteiger partial charge in [0.1, 0.15) is 0 Å².